The van der Waals surface area contributed by atoms with Crippen LogP contribution in [0, 0.1) is 6.92 Å². The summed E-state index contributed by atoms with van der Waals surface area (Å²) < 4.78 is 6.95. The number of rotatable bonds is 4. The number of hydrogen-bond acceptors (Lipinski definition) is 6. The zero-order valence-electron chi connectivity index (χ0n) is 12.5. The van der Waals surface area contributed by atoms with Gasteiger partial charge in [-0.3, -0.25) is 4.98 Å². The maximum absolute atomic E-state index is 6.07. The van der Waals surface area contributed by atoms with Crippen molar-refractivity contribution in [2.45, 2.75) is 24.6 Å². The molecule has 1 fully saturated rings. The van der Waals surface area contributed by atoms with Crippen molar-refractivity contribution < 1.29 is 4.74 Å². The van der Waals surface area contributed by atoms with Gasteiger partial charge in [-0.2, -0.15) is 0 Å². The standard InChI is InChI=1S/C15H17BrN4OS/c1-10-7-14(19-15(18-10)22-2)20-6-4-11(9-20)21-13-3-5-17-8-12(13)16/h3,5,7-8,11H,4,6,9H2,1-2H3. The maximum atomic E-state index is 6.07. The van der Waals surface area contributed by atoms with Crippen molar-refractivity contribution in [3.63, 3.8) is 0 Å². The van der Waals surface area contributed by atoms with Crippen molar-refractivity contribution in [1.29, 1.82) is 0 Å². The van der Waals surface area contributed by atoms with Crippen molar-refractivity contribution in [3.05, 3.63) is 34.7 Å². The second-order valence-electron chi connectivity index (χ2n) is 5.13. The Bertz CT molecular complexity index is 670. The van der Waals surface area contributed by atoms with Gasteiger partial charge in [-0.1, -0.05) is 11.8 Å². The van der Waals surface area contributed by atoms with Crippen molar-refractivity contribution in [3.8, 4) is 5.75 Å². The summed E-state index contributed by atoms with van der Waals surface area (Å²) >= 11 is 5.04. The van der Waals surface area contributed by atoms with Crippen molar-refractivity contribution in [2.75, 3.05) is 24.2 Å². The van der Waals surface area contributed by atoms with Crippen LogP contribution in [-0.2, 0) is 0 Å². The molecule has 0 aromatic carbocycles. The monoisotopic (exact) mass is 380 g/mol. The highest BCUT2D eigenvalue weighted by molar-refractivity contribution is 9.10. The van der Waals surface area contributed by atoms with Crippen LogP contribution in [0.1, 0.15) is 12.1 Å². The summed E-state index contributed by atoms with van der Waals surface area (Å²) in [4.78, 5) is 15.3. The summed E-state index contributed by atoms with van der Waals surface area (Å²) in [7, 11) is 0. The molecule has 5 nitrogen and oxygen atoms in total. The van der Waals surface area contributed by atoms with Crippen LogP contribution in [0.25, 0.3) is 0 Å². The summed E-state index contributed by atoms with van der Waals surface area (Å²) in [6.07, 6.45) is 6.63. The minimum Gasteiger partial charge on any atom is -0.487 e. The first-order valence-electron chi connectivity index (χ1n) is 7.06. The minimum atomic E-state index is 0.159. The van der Waals surface area contributed by atoms with E-state index in [-0.39, 0.29) is 6.10 Å². The van der Waals surface area contributed by atoms with E-state index in [4.69, 9.17) is 4.74 Å². The van der Waals surface area contributed by atoms with Gasteiger partial charge in [0.15, 0.2) is 5.16 Å². The lowest BCUT2D eigenvalue weighted by atomic mass is 10.3. The summed E-state index contributed by atoms with van der Waals surface area (Å²) in [6, 6.07) is 3.91. The fraction of sp³-hybridized carbons (Fsp3) is 0.400. The molecule has 1 atom stereocenters. The maximum Gasteiger partial charge on any atom is 0.189 e. The molecular formula is C15H17BrN4OS. The highest BCUT2D eigenvalue weighted by atomic mass is 79.9. The van der Waals surface area contributed by atoms with Gasteiger partial charge in [0.25, 0.3) is 0 Å². The largest absolute Gasteiger partial charge is 0.487 e. The van der Waals surface area contributed by atoms with E-state index in [0.29, 0.717) is 0 Å². The van der Waals surface area contributed by atoms with Gasteiger partial charge in [0, 0.05) is 37.1 Å². The number of pyridine rings is 1. The Hall–Kier alpha value is -1.34. The molecule has 0 aliphatic carbocycles. The molecule has 3 rings (SSSR count). The van der Waals surface area contributed by atoms with Crippen LogP contribution in [0.5, 0.6) is 5.75 Å². The topological polar surface area (TPSA) is 51.1 Å². The molecule has 0 radical (unpaired) electrons. The lowest BCUT2D eigenvalue weighted by Gasteiger charge is -2.19. The Balaban J connectivity index is 1.70. The number of halogens is 1. The Morgan fingerprint density at radius 3 is 3.05 bits per heavy atom. The van der Waals surface area contributed by atoms with Crippen LogP contribution >= 0.6 is 27.7 Å². The molecule has 1 aliphatic rings. The summed E-state index contributed by atoms with van der Waals surface area (Å²) in [5.41, 5.74) is 0.996. The second-order valence-corrected chi connectivity index (χ2v) is 6.76. The van der Waals surface area contributed by atoms with Gasteiger partial charge in [-0.15, -0.1) is 0 Å². The summed E-state index contributed by atoms with van der Waals surface area (Å²) in [6.45, 7) is 3.78. The molecule has 116 valence electrons. The molecule has 0 spiro atoms. The van der Waals surface area contributed by atoms with Gasteiger partial charge in [0.1, 0.15) is 17.7 Å². The molecule has 1 aliphatic heterocycles. The molecule has 7 heteroatoms. The third-order valence-corrected chi connectivity index (χ3v) is 4.64. The van der Waals surface area contributed by atoms with E-state index in [0.717, 1.165) is 46.4 Å². The number of aryl methyl sites for hydroxylation is 1. The molecular weight excluding hydrogens is 364 g/mol. The Morgan fingerprint density at radius 2 is 2.27 bits per heavy atom. The average Bonchev–Trinajstić information content (AvgIpc) is 2.97. The van der Waals surface area contributed by atoms with Gasteiger partial charge in [0.05, 0.1) is 11.0 Å². The van der Waals surface area contributed by atoms with Gasteiger partial charge >= 0.3 is 0 Å². The van der Waals surface area contributed by atoms with Crippen LogP contribution in [-0.4, -0.2) is 40.4 Å². The fourth-order valence-electron chi connectivity index (χ4n) is 2.45. The van der Waals surface area contributed by atoms with Crippen LogP contribution in [0.3, 0.4) is 0 Å². The van der Waals surface area contributed by atoms with Gasteiger partial charge in [-0.05, 0) is 35.2 Å². The van der Waals surface area contributed by atoms with Gasteiger partial charge < -0.3 is 9.64 Å². The van der Waals surface area contributed by atoms with E-state index in [1.54, 1.807) is 24.2 Å². The molecule has 3 heterocycles. The lowest BCUT2D eigenvalue weighted by Crippen LogP contribution is -2.25. The zero-order valence-corrected chi connectivity index (χ0v) is 14.9. The summed E-state index contributed by atoms with van der Waals surface area (Å²) in [5.74, 6) is 1.82. The second kappa shape index (κ2) is 6.83. The number of ether oxygens (including phenoxy) is 1. The van der Waals surface area contributed by atoms with Gasteiger partial charge in [-0.25, -0.2) is 9.97 Å². The fourth-order valence-corrected chi connectivity index (χ4v) is 3.21. The lowest BCUT2D eigenvalue weighted by molar-refractivity contribution is 0.223. The Labute approximate surface area is 142 Å². The van der Waals surface area contributed by atoms with Crippen molar-refractivity contribution in [1.82, 2.24) is 15.0 Å². The third-order valence-electron chi connectivity index (χ3n) is 3.50. The van der Waals surface area contributed by atoms with E-state index in [1.165, 1.54) is 0 Å². The van der Waals surface area contributed by atoms with Crippen LogP contribution < -0.4 is 9.64 Å². The highest BCUT2D eigenvalue weighted by Crippen LogP contribution is 2.28. The first-order valence-corrected chi connectivity index (χ1v) is 9.08. The smallest absolute Gasteiger partial charge is 0.189 e. The Morgan fingerprint density at radius 1 is 1.41 bits per heavy atom. The third kappa shape index (κ3) is 3.52. The minimum absolute atomic E-state index is 0.159. The SMILES string of the molecule is CSc1nc(C)cc(N2CCC(Oc3ccncc3Br)C2)n1. The number of aromatic nitrogens is 3. The molecule has 2 aromatic rings. The summed E-state index contributed by atoms with van der Waals surface area (Å²) in [5, 5.41) is 0.816. The number of anilines is 1. The quantitative estimate of drug-likeness (QED) is 0.598. The van der Waals surface area contributed by atoms with E-state index in [1.807, 2.05) is 25.3 Å². The predicted molar refractivity (Wildman–Crippen MR) is 91.7 cm³/mol. The van der Waals surface area contributed by atoms with E-state index in [2.05, 4.69) is 35.8 Å². The molecule has 1 saturated heterocycles. The molecule has 0 amide bonds. The predicted octanol–water partition coefficient (Wildman–Crippen LogP) is 3.32. The van der Waals surface area contributed by atoms with E-state index < -0.39 is 0 Å². The molecule has 0 bridgehead atoms. The number of hydrogen-bond donors (Lipinski definition) is 0. The van der Waals surface area contributed by atoms with Crippen LogP contribution in [0.4, 0.5) is 5.82 Å². The molecule has 22 heavy (non-hydrogen) atoms. The van der Waals surface area contributed by atoms with Crippen molar-refractivity contribution in [2.24, 2.45) is 0 Å². The van der Waals surface area contributed by atoms with Gasteiger partial charge in [0.2, 0.25) is 0 Å². The zero-order chi connectivity index (χ0) is 15.5. The highest BCUT2D eigenvalue weighted by Gasteiger charge is 2.26. The molecule has 0 saturated carbocycles. The first-order chi connectivity index (χ1) is 10.7. The van der Waals surface area contributed by atoms with E-state index in [9.17, 15) is 0 Å². The van der Waals surface area contributed by atoms with Crippen LogP contribution in [0.2, 0.25) is 0 Å². The van der Waals surface area contributed by atoms with Crippen LogP contribution in [0.15, 0.2) is 34.2 Å². The average molecular weight is 381 g/mol. The van der Waals surface area contributed by atoms with E-state index >= 15 is 0 Å². The molecule has 2 aromatic heterocycles. The first kappa shape index (κ1) is 15.6. The number of thioether (sulfide) groups is 1. The van der Waals surface area contributed by atoms with Crippen molar-refractivity contribution >= 4 is 33.5 Å². The molecule has 1 unspecified atom stereocenters. The Kier molecular flexibility index (Phi) is 4.83. The molecule has 0 N–H and O–H groups in total. The number of nitrogens with zero attached hydrogens (tertiary/aromatic N) is 4. The normalized spacial score (nSPS) is 17.8.